The van der Waals surface area contributed by atoms with Crippen LogP contribution in [0.2, 0.25) is 0 Å². The molecule has 0 fully saturated rings. The Morgan fingerprint density at radius 1 is 1.21 bits per heavy atom. The Labute approximate surface area is 117 Å². The molecule has 0 amide bonds. The van der Waals surface area contributed by atoms with E-state index in [9.17, 15) is 0 Å². The van der Waals surface area contributed by atoms with Gasteiger partial charge >= 0.3 is 0 Å². The SMILES string of the molecule is CCC(CC)C(C)NC(C)c1ccc2c(c1)CCO2. The Bertz CT molecular complexity index is 412. The topological polar surface area (TPSA) is 21.3 Å². The fourth-order valence-electron chi connectivity index (χ4n) is 3.10. The summed E-state index contributed by atoms with van der Waals surface area (Å²) < 4.78 is 5.57. The molecule has 0 saturated carbocycles. The second-order valence-electron chi connectivity index (χ2n) is 5.72. The summed E-state index contributed by atoms with van der Waals surface area (Å²) in [6, 6.07) is 7.59. The van der Waals surface area contributed by atoms with E-state index in [2.05, 4.69) is 51.2 Å². The van der Waals surface area contributed by atoms with Gasteiger partial charge in [-0.25, -0.2) is 0 Å². The Balaban J connectivity index is 2.01. The molecule has 0 aliphatic carbocycles. The van der Waals surface area contributed by atoms with Crippen LogP contribution in [0.15, 0.2) is 18.2 Å². The molecule has 1 heterocycles. The molecule has 2 nitrogen and oxygen atoms in total. The normalized spacial score (nSPS) is 17.1. The molecule has 2 heteroatoms. The summed E-state index contributed by atoms with van der Waals surface area (Å²) in [5.41, 5.74) is 2.74. The zero-order chi connectivity index (χ0) is 13.8. The largest absolute Gasteiger partial charge is 0.493 e. The smallest absolute Gasteiger partial charge is 0.122 e. The summed E-state index contributed by atoms with van der Waals surface area (Å²) in [7, 11) is 0. The average molecular weight is 261 g/mol. The van der Waals surface area contributed by atoms with Crippen molar-refractivity contribution in [3.63, 3.8) is 0 Å². The quantitative estimate of drug-likeness (QED) is 0.832. The lowest BCUT2D eigenvalue weighted by molar-refractivity contribution is 0.330. The van der Waals surface area contributed by atoms with Crippen LogP contribution in [-0.2, 0) is 6.42 Å². The van der Waals surface area contributed by atoms with Gasteiger partial charge in [-0.3, -0.25) is 0 Å². The Morgan fingerprint density at radius 3 is 2.63 bits per heavy atom. The first-order chi connectivity index (χ1) is 9.15. The highest BCUT2D eigenvalue weighted by Gasteiger charge is 2.18. The zero-order valence-corrected chi connectivity index (χ0v) is 12.7. The molecule has 19 heavy (non-hydrogen) atoms. The predicted octanol–water partition coefficient (Wildman–Crippen LogP) is 4.10. The van der Waals surface area contributed by atoms with Crippen molar-refractivity contribution in [1.29, 1.82) is 0 Å². The molecule has 1 aromatic carbocycles. The van der Waals surface area contributed by atoms with Gasteiger partial charge in [-0.15, -0.1) is 0 Å². The van der Waals surface area contributed by atoms with Crippen LogP contribution >= 0.6 is 0 Å². The monoisotopic (exact) mass is 261 g/mol. The minimum atomic E-state index is 0.404. The first kappa shape index (κ1) is 14.4. The first-order valence-electron chi connectivity index (χ1n) is 7.67. The van der Waals surface area contributed by atoms with Crippen molar-refractivity contribution in [2.45, 2.75) is 59.0 Å². The van der Waals surface area contributed by atoms with Gasteiger partial charge in [0.05, 0.1) is 6.61 Å². The molecule has 0 saturated heterocycles. The molecule has 1 N–H and O–H groups in total. The van der Waals surface area contributed by atoms with Gasteiger partial charge in [0.2, 0.25) is 0 Å². The van der Waals surface area contributed by atoms with Gasteiger partial charge in [0.1, 0.15) is 5.75 Å². The molecule has 2 unspecified atom stereocenters. The summed E-state index contributed by atoms with van der Waals surface area (Å²) in [4.78, 5) is 0. The van der Waals surface area contributed by atoms with Gasteiger partial charge in [-0.2, -0.15) is 0 Å². The van der Waals surface area contributed by atoms with Crippen LogP contribution in [0, 0.1) is 5.92 Å². The molecule has 1 aliphatic rings. The van der Waals surface area contributed by atoms with Crippen LogP contribution in [0.25, 0.3) is 0 Å². The number of hydrogen-bond acceptors (Lipinski definition) is 2. The van der Waals surface area contributed by atoms with Gasteiger partial charge in [0.15, 0.2) is 0 Å². The second kappa shape index (κ2) is 6.42. The van der Waals surface area contributed by atoms with Gasteiger partial charge in [-0.05, 0) is 37.0 Å². The van der Waals surface area contributed by atoms with Gasteiger partial charge in [0.25, 0.3) is 0 Å². The van der Waals surface area contributed by atoms with Gasteiger partial charge in [-0.1, -0.05) is 38.8 Å². The lowest BCUT2D eigenvalue weighted by Gasteiger charge is -2.26. The summed E-state index contributed by atoms with van der Waals surface area (Å²) >= 11 is 0. The fraction of sp³-hybridized carbons (Fsp3) is 0.647. The van der Waals surface area contributed by atoms with Crippen LogP contribution in [0.5, 0.6) is 5.75 Å². The van der Waals surface area contributed by atoms with Crippen molar-refractivity contribution in [3.05, 3.63) is 29.3 Å². The van der Waals surface area contributed by atoms with E-state index < -0.39 is 0 Å². The predicted molar refractivity (Wildman–Crippen MR) is 80.7 cm³/mol. The third-order valence-electron chi connectivity index (χ3n) is 4.48. The van der Waals surface area contributed by atoms with E-state index >= 15 is 0 Å². The van der Waals surface area contributed by atoms with Crippen LogP contribution in [0.4, 0.5) is 0 Å². The minimum absolute atomic E-state index is 0.404. The van der Waals surface area contributed by atoms with E-state index in [1.165, 1.54) is 24.0 Å². The van der Waals surface area contributed by atoms with Crippen LogP contribution in [0.1, 0.15) is 57.7 Å². The highest BCUT2D eigenvalue weighted by Crippen LogP contribution is 2.28. The summed E-state index contributed by atoms with van der Waals surface area (Å²) in [6.45, 7) is 9.97. The molecule has 2 rings (SSSR count). The fourth-order valence-corrected chi connectivity index (χ4v) is 3.10. The minimum Gasteiger partial charge on any atom is -0.493 e. The molecule has 0 spiro atoms. The third kappa shape index (κ3) is 3.30. The van der Waals surface area contributed by atoms with Gasteiger partial charge < -0.3 is 10.1 Å². The zero-order valence-electron chi connectivity index (χ0n) is 12.7. The van der Waals surface area contributed by atoms with E-state index in [1.807, 2.05) is 0 Å². The maximum atomic E-state index is 5.57. The van der Waals surface area contributed by atoms with Crippen molar-refractivity contribution >= 4 is 0 Å². The molecule has 1 aliphatic heterocycles. The number of fused-ring (bicyclic) bond motifs is 1. The number of hydrogen-bond donors (Lipinski definition) is 1. The van der Waals surface area contributed by atoms with E-state index in [0.29, 0.717) is 12.1 Å². The summed E-state index contributed by atoms with van der Waals surface area (Å²) in [5, 5.41) is 3.75. The molecule has 0 aromatic heterocycles. The number of rotatable bonds is 6. The highest BCUT2D eigenvalue weighted by atomic mass is 16.5. The highest BCUT2D eigenvalue weighted by molar-refractivity contribution is 5.40. The Morgan fingerprint density at radius 2 is 1.95 bits per heavy atom. The number of benzene rings is 1. The molecule has 0 radical (unpaired) electrons. The maximum Gasteiger partial charge on any atom is 0.122 e. The van der Waals surface area contributed by atoms with E-state index in [4.69, 9.17) is 4.74 Å². The van der Waals surface area contributed by atoms with Crippen molar-refractivity contribution in [2.75, 3.05) is 6.61 Å². The molecule has 0 bridgehead atoms. The van der Waals surface area contributed by atoms with Crippen molar-refractivity contribution in [3.8, 4) is 5.75 Å². The van der Waals surface area contributed by atoms with Crippen molar-refractivity contribution in [2.24, 2.45) is 5.92 Å². The standard InChI is InChI=1S/C17H27NO/c1-5-14(6-2)12(3)18-13(4)15-7-8-17-16(11-15)9-10-19-17/h7-8,11-14,18H,5-6,9-10H2,1-4H3. The first-order valence-corrected chi connectivity index (χ1v) is 7.67. The van der Waals surface area contributed by atoms with E-state index in [0.717, 1.165) is 24.7 Å². The lowest BCUT2D eigenvalue weighted by atomic mass is 9.94. The van der Waals surface area contributed by atoms with Crippen molar-refractivity contribution < 1.29 is 4.74 Å². The van der Waals surface area contributed by atoms with Crippen LogP contribution in [0.3, 0.4) is 0 Å². The van der Waals surface area contributed by atoms with Crippen LogP contribution in [-0.4, -0.2) is 12.6 Å². The Kier molecular flexibility index (Phi) is 4.87. The van der Waals surface area contributed by atoms with E-state index in [-0.39, 0.29) is 0 Å². The van der Waals surface area contributed by atoms with E-state index in [1.54, 1.807) is 0 Å². The lowest BCUT2D eigenvalue weighted by Crippen LogP contribution is -2.35. The number of nitrogens with one attached hydrogen (secondary N) is 1. The van der Waals surface area contributed by atoms with Gasteiger partial charge in [0, 0.05) is 18.5 Å². The second-order valence-corrected chi connectivity index (χ2v) is 5.72. The molecular weight excluding hydrogens is 234 g/mol. The average Bonchev–Trinajstić information content (AvgIpc) is 2.87. The maximum absolute atomic E-state index is 5.57. The molecular formula is C17H27NO. The molecule has 106 valence electrons. The number of ether oxygens (including phenoxy) is 1. The summed E-state index contributed by atoms with van der Waals surface area (Å²) in [5.74, 6) is 1.84. The summed E-state index contributed by atoms with van der Waals surface area (Å²) in [6.07, 6.45) is 3.54. The Hall–Kier alpha value is -1.02. The van der Waals surface area contributed by atoms with Crippen molar-refractivity contribution in [1.82, 2.24) is 5.32 Å². The van der Waals surface area contributed by atoms with Crippen LogP contribution < -0.4 is 10.1 Å². The molecule has 1 aromatic rings. The molecule has 2 atom stereocenters. The third-order valence-corrected chi connectivity index (χ3v) is 4.48.